The summed E-state index contributed by atoms with van der Waals surface area (Å²) in [6, 6.07) is 11.9. The largest absolute Gasteiger partial charge is 0.412 e. The van der Waals surface area contributed by atoms with Crippen LogP contribution in [0.2, 0.25) is 0 Å². The second-order valence-corrected chi connectivity index (χ2v) is 9.56. The molecule has 184 valence electrons. The Morgan fingerprint density at radius 1 is 1.08 bits per heavy atom. The van der Waals surface area contributed by atoms with E-state index in [9.17, 15) is 4.79 Å². The Labute approximate surface area is 209 Å². The van der Waals surface area contributed by atoms with E-state index in [1.54, 1.807) is 6.20 Å². The summed E-state index contributed by atoms with van der Waals surface area (Å²) >= 11 is 0. The second-order valence-electron chi connectivity index (χ2n) is 9.56. The van der Waals surface area contributed by atoms with Crippen LogP contribution in [0.5, 0.6) is 5.75 Å². The number of carbonyl (C=O) groups is 1. The molecule has 4 aromatic rings. The summed E-state index contributed by atoms with van der Waals surface area (Å²) in [4.78, 5) is 23.7. The first kappa shape index (κ1) is 22.3. The van der Waals surface area contributed by atoms with E-state index in [4.69, 9.17) is 15.6 Å². The van der Waals surface area contributed by atoms with E-state index in [-0.39, 0.29) is 0 Å². The topological polar surface area (TPSA) is 111 Å². The number of aromatic nitrogens is 4. The molecular weight excluding hydrogens is 454 g/mol. The number of nitrogens with two attached hydrogens (primary N) is 1. The van der Waals surface area contributed by atoms with Crippen molar-refractivity contribution in [3.63, 3.8) is 0 Å². The predicted octanol–water partition coefficient (Wildman–Crippen LogP) is 4.22. The number of ether oxygens (including phenoxy) is 1. The van der Waals surface area contributed by atoms with Crippen LogP contribution in [-0.2, 0) is 13.1 Å². The van der Waals surface area contributed by atoms with Crippen molar-refractivity contribution >= 4 is 28.5 Å². The average Bonchev–Trinajstić information content (AvgIpc) is 3.43. The molecule has 1 saturated heterocycles. The van der Waals surface area contributed by atoms with Gasteiger partial charge < -0.3 is 20.7 Å². The maximum atomic E-state index is 12.6. The van der Waals surface area contributed by atoms with Crippen molar-refractivity contribution in [2.24, 2.45) is 0 Å². The van der Waals surface area contributed by atoms with Gasteiger partial charge in [-0.2, -0.15) is 5.10 Å². The average molecular weight is 484 g/mol. The minimum Gasteiger partial charge on any atom is -0.407 e. The maximum absolute atomic E-state index is 12.6. The molecule has 3 aromatic heterocycles. The van der Waals surface area contributed by atoms with Crippen molar-refractivity contribution in [1.29, 1.82) is 0 Å². The highest BCUT2D eigenvalue weighted by Crippen LogP contribution is 2.43. The summed E-state index contributed by atoms with van der Waals surface area (Å²) in [5.74, 6) is 2.40. The van der Waals surface area contributed by atoms with E-state index in [1.807, 2.05) is 41.3 Å². The van der Waals surface area contributed by atoms with Crippen LogP contribution in [0.1, 0.15) is 48.4 Å². The van der Waals surface area contributed by atoms with Gasteiger partial charge in [0, 0.05) is 43.3 Å². The third kappa shape index (κ3) is 4.82. The highest BCUT2D eigenvalue weighted by Gasteiger charge is 2.31. The third-order valence-electron chi connectivity index (χ3n) is 6.80. The molecule has 0 unspecified atom stereocenters. The van der Waals surface area contributed by atoms with Gasteiger partial charge in [0.2, 0.25) is 0 Å². The normalized spacial score (nSPS) is 15.4. The molecule has 0 atom stereocenters. The smallest absolute Gasteiger partial charge is 0.407 e. The van der Waals surface area contributed by atoms with Gasteiger partial charge in [-0.15, -0.1) is 0 Å². The number of rotatable bonds is 7. The lowest BCUT2D eigenvalue weighted by atomic mass is 10.1. The van der Waals surface area contributed by atoms with Crippen molar-refractivity contribution in [2.45, 2.75) is 44.7 Å². The van der Waals surface area contributed by atoms with Gasteiger partial charge in [-0.1, -0.05) is 18.2 Å². The summed E-state index contributed by atoms with van der Waals surface area (Å²) in [7, 11) is 0. The number of anilines is 2. The Morgan fingerprint density at radius 2 is 1.92 bits per heavy atom. The Kier molecular flexibility index (Phi) is 5.88. The van der Waals surface area contributed by atoms with Gasteiger partial charge in [-0.25, -0.2) is 14.8 Å². The third-order valence-corrected chi connectivity index (χ3v) is 6.80. The SMILES string of the molecule is Nc1nccc2cc(CNC(=O)Oc3cn(Cc4ccc(N5CCCC5)nc4)nc3C3CC3)ccc12. The molecule has 36 heavy (non-hydrogen) atoms. The molecule has 0 spiro atoms. The van der Waals surface area contributed by atoms with Crippen LogP contribution < -0.4 is 20.7 Å². The van der Waals surface area contributed by atoms with Crippen LogP contribution in [-0.4, -0.2) is 38.9 Å². The lowest BCUT2D eigenvalue weighted by molar-refractivity contribution is 0.199. The molecule has 2 fully saturated rings. The number of nitrogen functional groups attached to an aromatic ring is 1. The Hall–Kier alpha value is -4.14. The Morgan fingerprint density at radius 3 is 2.69 bits per heavy atom. The molecule has 6 rings (SSSR count). The van der Waals surface area contributed by atoms with Crippen LogP contribution >= 0.6 is 0 Å². The fourth-order valence-corrected chi connectivity index (χ4v) is 4.72. The number of nitrogens with one attached hydrogen (secondary N) is 1. The minimum absolute atomic E-state index is 0.346. The fourth-order valence-electron chi connectivity index (χ4n) is 4.72. The van der Waals surface area contributed by atoms with Gasteiger partial charge in [-0.3, -0.25) is 4.68 Å². The first-order valence-electron chi connectivity index (χ1n) is 12.5. The summed E-state index contributed by atoms with van der Waals surface area (Å²) in [6.07, 6.45) is 9.49. The number of benzene rings is 1. The molecular formula is C27H29N7O2. The van der Waals surface area contributed by atoms with Crippen LogP contribution in [0, 0.1) is 0 Å². The first-order valence-corrected chi connectivity index (χ1v) is 12.5. The first-order chi connectivity index (χ1) is 17.6. The number of nitrogens with zero attached hydrogens (tertiary/aromatic N) is 5. The molecule has 9 heteroatoms. The predicted molar refractivity (Wildman–Crippen MR) is 138 cm³/mol. The molecule has 0 radical (unpaired) electrons. The Bertz CT molecular complexity index is 1390. The maximum Gasteiger partial charge on any atom is 0.412 e. The van der Waals surface area contributed by atoms with Gasteiger partial charge in [0.1, 0.15) is 17.3 Å². The van der Waals surface area contributed by atoms with Gasteiger partial charge >= 0.3 is 6.09 Å². The summed E-state index contributed by atoms with van der Waals surface area (Å²) < 4.78 is 7.53. The molecule has 1 aromatic carbocycles. The number of amides is 1. The number of fused-ring (bicyclic) bond motifs is 1. The van der Waals surface area contributed by atoms with Crippen molar-refractivity contribution < 1.29 is 9.53 Å². The highest BCUT2D eigenvalue weighted by atomic mass is 16.6. The number of hydrogen-bond acceptors (Lipinski definition) is 7. The van der Waals surface area contributed by atoms with E-state index in [1.165, 1.54) is 12.8 Å². The lowest BCUT2D eigenvalue weighted by Crippen LogP contribution is -2.26. The van der Waals surface area contributed by atoms with E-state index in [2.05, 4.69) is 32.3 Å². The number of carbonyl (C=O) groups excluding carboxylic acids is 1. The van der Waals surface area contributed by atoms with Crippen molar-refractivity contribution in [1.82, 2.24) is 25.1 Å². The van der Waals surface area contributed by atoms with Gasteiger partial charge in [0.25, 0.3) is 0 Å². The van der Waals surface area contributed by atoms with Gasteiger partial charge in [0.15, 0.2) is 5.75 Å². The molecule has 1 aliphatic carbocycles. The Balaban J connectivity index is 1.10. The molecule has 9 nitrogen and oxygen atoms in total. The van der Waals surface area contributed by atoms with Crippen LogP contribution in [0.3, 0.4) is 0 Å². The summed E-state index contributed by atoms with van der Waals surface area (Å²) in [5.41, 5.74) is 8.79. The van der Waals surface area contributed by atoms with Gasteiger partial charge in [0.05, 0.1) is 12.7 Å². The van der Waals surface area contributed by atoms with Crippen LogP contribution in [0.15, 0.2) is 55.0 Å². The molecule has 3 N–H and O–H groups in total. The molecule has 0 bridgehead atoms. The van der Waals surface area contributed by atoms with E-state index >= 15 is 0 Å². The zero-order chi connectivity index (χ0) is 24.5. The lowest BCUT2D eigenvalue weighted by Gasteiger charge is -2.16. The fraction of sp³-hybridized carbons (Fsp3) is 0.333. The second kappa shape index (κ2) is 9.49. The van der Waals surface area contributed by atoms with Crippen molar-refractivity contribution in [3.8, 4) is 5.75 Å². The molecule has 1 saturated carbocycles. The molecule has 1 amide bonds. The number of hydrogen-bond donors (Lipinski definition) is 2. The monoisotopic (exact) mass is 483 g/mol. The molecule has 1 aliphatic heterocycles. The van der Waals surface area contributed by atoms with Crippen molar-refractivity contribution in [2.75, 3.05) is 23.7 Å². The van der Waals surface area contributed by atoms with Crippen LogP contribution in [0.25, 0.3) is 10.8 Å². The number of pyridine rings is 2. The minimum atomic E-state index is -0.498. The summed E-state index contributed by atoms with van der Waals surface area (Å²) in [6.45, 7) is 3.07. The summed E-state index contributed by atoms with van der Waals surface area (Å²) in [5, 5.41) is 9.46. The highest BCUT2D eigenvalue weighted by molar-refractivity contribution is 5.91. The zero-order valence-corrected chi connectivity index (χ0v) is 20.1. The van der Waals surface area contributed by atoms with E-state index < -0.39 is 6.09 Å². The van der Waals surface area contributed by atoms with E-state index in [0.717, 1.165) is 59.3 Å². The molecule has 4 heterocycles. The quantitative estimate of drug-likeness (QED) is 0.405. The van der Waals surface area contributed by atoms with Gasteiger partial charge in [-0.05, 0) is 60.4 Å². The van der Waals surface area contributed by atoms with E-state index in [0.29, 0.717) is 30.6 Å². The zero-order valence-electron chi connectivity index (χ0n) is 20.1. The molecule has 2 aliphatic rings. The van der Waals surface area contributed by atoms with Crippen LogP contribution in [0.4, 0.5) is 16.4 Å². The van der Waals surface area contributed by atoms with Crippen molar-refractivity contribution in [3.05, 3.63) is 71.8 Å². The standard InChI is InChI=1S/C27H29N7O2/c28-26-22-7-3-18(13-21(22)9-10-29-26)14-31-27(35)36-23-17-34(32-25(23)20-5-6-20)16-19-4-8-24(30-15-19)33-11-1-2-12-33/h3-4,7-10,13,15,17,20H,1-2,5-6,11-12,14,16H2,(H2,28,29)(H,31,35).